The molecule has 17 heavy (non-hydrogen) atoms. The molecule has 7 heteroatoms. The van der Waals surface area contributed by atoms with Gasteiger partial charge in [0.25, 0.3) is 0 Å². The molecule has 0 spiro atoms. The summed E-state index contributed by atoms with van der Waals surface area (Å²) in [6.07, 6.45) is 0.0943. The topological polar surface area (TPSA) is 76.0 Å². The average molecular weight is 245 g/mol. The highest BCUT2D eigenvalue weighted by molar-refractivity contribution is 6.02. The molecule has 0 aliphatic carbocycles. The molecule has 0 aliphatic heterocycles. The number of carbonyl (C=O) groups excluding carboxylic acids is 1. The van der Waals surface area contributed by atoms with E-state index >= 15 is 0 Å². The lowest BCUT2D eigenvalue weighted by Crippen LogP contribution is -2.03. The van der Waals surface area contributed by atoms with Gasteiger partial charge in [-0.15, -0.1) is 4.91 Å². The van der Waals surface area contributed by atoms with Crippen molar-refractivity contribution in [1.29, 1.82) is 0 Å². The van der Waals surface area contributed by atoms with E-state index in [1.165, 1.54) is 0 Å². The first-order valence-electron chi connectivity index (χ1n) is 4.68. The maximum Gasteiger partial charge on any atom is 0.387 e. The van der Waals surface area contributed by atoms with Crippen molar-refractivity contribution in [3.63, 3.8) is 0 Å². The normalized spacial score (nSPS) is 10.4. The summed E-state index contributed by atoms with van der Waals surface area (Å²) in [6, 6.07) is 2.10. The SMILES string of the molecule is CCC(=O)c1ccc(OC(F)F)c(O)c1N=O. The van der Waals surface area contributed by atoms with E-state index < -0.39 is 29.6 Å². The number of alkyl halides is 2. The molecule has 1 rings (SSSR count). The summed E-state index contributed by atoms with van der Waals surface area (Å²) in [5, 5.41) is 11.9. The molecule has 5 nitrogen and oxygen atoms in total. The molecule has 1 aromatic carbocycles. The second-order valence-corrected chi connectivity index (χ2v) is 3.05. The molecule has 0 heterocycles. The van der Waals surface area contributed by atoms with Crippen molar-refractivity contribution in [2.45, 2.75) is 20.0 Å². The molecule has 1 aromatic rings. The molecule has 0 unspecified atom stereocenters. The number of halogens is 2. The Balaban J connectivity index is 3.26. The van der Waals surface area contributed by atoms with Crippen LogP contribution < -0.4 is 4.74 Å². The lowest BCUT2D eigenvalue weighted by molar-refractivity contribution is -0.0511. The maximum absolute atomic E-state index is 12.0. The van der Waals surface area contributed by atoms with Crippen LogP contribution in [-0.4, -0.2) is 17.5 Å². The lowest BCUT2D eigenvalue weighted by atomic mass is 10.1. The number of hydrogen-bond donors (Lipinski definition) is 1. The van der Waals surface area contributed by atoms with Crippen LogP contribution >= 0.6 is 0 Å². The minimum Gasteiger partial charge on any atom is -0.503 e. The summed E-state index contributed by atoms with van der Waals surface area (Å²) in [5.74, 6) is -1.89. The van der Waals surface area contributed by atoms with Gasteiger partial charge in [-0.2, -0.15) is 8.78 Å². The average Bonchev–Trinajstić information content (AvgIpc) is 2.30. The molecule has 1 N–H and O–H groups in total. The van der Waals surface area contributed by atoms with Gasteiger partial charge in [0.2, 0.25) is 0 Å². The standard InChI is InChI=1S/C10H9F2NO4/c1-2-6(14)5-3-4-7(17-10(11)12)9(15)8(5)13-16/h3-4,10,15H,2H2,1H3. The van der Waals surface area contributed by atoms with E-state index in [0.29, 0.717) is 0 Å². The minimum atomic E-state index is -3.15. The van der Waals surface area contributed by atoms with Crippen molar-refractivity contribution in [2.24, 2.45) is 5.18 Å². The highest BCUT2D eigenvalue weighted by Crippen LogP contribution is 2.40. The number of ketones is 1. The number of nitroso groups, excluding NO2 is 1. The van der Waals surface area contributed by atoms with Crippen molar-refractivity contribution in [1.82, 2.24) is 0 Å². The molecule has 0 saturated heterocycles. The summed E-state index contributed by atoms with van der Waals surface area (Å²) in [6.45, 7) is -1.59. The Bertz CT molecular complexity index is 448. The number of ether oxygens (including phenoxy) is 1. The number of aromatic hydroxyl groups is 1. The Morgan fingerprint density at radius 2 is 2.18 bits per heavy atom. The molecule has 0 saturated carbocycles. The Hall–Kier alpha value is -2.05. The highest BCUT2D eigenvalue weighted by Gasteiger charge is 2.20. The highest BCUT2D eigenvalue weighted by atomic mass is 19.3. The van der Waals surface area contributed by atoms with Crippen LogP contribution in [0.3, 0.4) is 0 Å². The fourth-order valence-electron chi connectivity index (χ4n) is 1.26. The van der Waals surface area contributed by atoms with Crippen LogP contribution in [0.5, 0.6) is 11.5 Å². The third-order valence-electron chi connectivity index (χ3n) is 2.04. The Morgan fingerprint density at radius 3 is 2.65 bits per heavy atom. The van der Waals surface area contributed by atoms with Crippen LogP contribution in [-0.2, 0) is 0 Å². The second-order valence-electron chi connectivity index (χ2n) is 3.05. The van der Waals surface area contributed by atoms with Gasteiger partial charge >= 0.3 is 6.61 Å². The van der Waals surface area contributed by atoms with Gasteiger partial charge in [0, 0.05) is 6.42 Å². The van der Waals surface area contributed by atoms with E-state index in [1.54, 1.807) is 6.92 Å². The largest absolute Gasteiger partial charge is 0.503 e. The van der Waals surface area contributed by atoms with Gasteiger partial charge in [0.1, 0.15) is 0 Å². The van der Waals surface area contributed by atoms with Gasteiger partial charge in [-0.25, -0.2) is 0 Å². The van der Waals surface area contributed by atoms with Crippen LogP contribution in [0.15, 0.2) is 17.3 Å². The number of hydrogen-bond acceptors (Lipinski definition) is 5. The number of nitrogens with zero attached hydrogens (tertiary/aromatic N) is 1. The van der Waals surface area contributed by atoms with Crippen LogP contribution in [0, 0.1) is 4.91 Å². The van der Waals surface area contributed by atoms with Gasteiger partial charge in [-0.1, -0.05) is 6.92 Å². The van der Waals surface area contributed by atoms with Gasteiger partial charge in [-0.3, -0.25) is 4.79 Å². The molecule has 92 valence electrons. The predicted molar refractivity (Wildman–Crippen MR) is 54.8 cm³/mol. The summed E-state index contributed by atoms with van der Waals surface area (Å²) < 4.78 is 27.9. The van der Waals surface area contributed by atoms with Gasteiger partial charge in [-0.05, 0) is 17.3 Å². The van der Waals surface area contributed by atoms with Gasteiger partial charge < -0.3 is 9.84 Å². The molecule has 0 radical (unpaired) electrons. The number of rotatable bonds is 5. The Morgan fingerprint density at radius 1 is 1.53 bits per heavy atom. The van der Waals surface area contributed by atoms with Crippen molar-refractivity contribution in [2.75, 3.05) is 0 Å². The summed E-state index contributed by atoms with van der Waals surface area (Å²) >= 11 is 0. The third-order valence-corrected chi connectivity index (χ3v) is 2.04. The first kappa shape index (κ1) is 13.0. The maximum atomic E-state index is 12.0. The molecular formula is C10H9F2NO4. The molecule has 0 atom stereocenters. The molecule has 0 fully saturated rings. The van der Waals surface area contributed by atoms with E-state index in [9.17, 15) is 23.6 Å². The molecule has 0 amide bonds. The van der Waals surface area contributed by atoms with Gasteiger partial charge in [0.05, 0.1) is 5.56 Å². The fourth-order valence-corrected chi connectivity index (χ4v) is 1.26. The van der Waals surface area contributed by atoms with Crippen LogP contribution in [0.2, 0.25) is 0 Å². The number of phenolic OH excluding ortho intramolecular Hbond substituents is 1. The second kappa shape index (κ2) is 5.33. The summed E-state index contributed by atoms with van der Waals surface area (Å²) in [7, 11) is 0. The number of phenols is 1. The van der Waals surface area contributed by atoms with Crippen molar-refractivity contribution in [3.05, 3.63) is 22.6 Å². The fraction of sp³-hybridized carbons (Fsp3) is 0.300. The number of carbonyl (C=O) groups is 1. The van der Waals surface area contributed by atoms with E-state index in [1.807, 2.05) is 0 Å². The first-order valence-corrected chi connectivity index (χ1v) is 4.68. The lowest BCUT2D eigenvalue weighted by Gasteiger charge is -2.09. The van der Waals surface area contributed by atoms with E-state index in [4.69, 9.17) is 0 Å². The third kappa shape index (κ3) is 2.74. The summed E-state index contributed by atoms with van der Waals surface area (Å²) in [5.41, 5.74) is -0.711. The zero-order valence-electron chi connectivity index (χ0n) is 8.81. The monoisotopic (exact) mass is 245 g/mol. The van der Waals surface area contributed by atoms with E-state index in [2.05, 4.69) is 9.91 Å². The van der Waals surface area contributed by atoms with Crippen molar-refractivity contribution in [3.8, 4) is 11.5 Å². The van der Waals surface area contributed by atoms with Gasteiger partial charge in [0.15, 0.2) is 23.0 Å². The van der Waals surface area contributed by atoms with E-state index in [0.717, 1.165) is 12.1 Å². The van der Waals surface area contributed by atoms with Crippen molar-refractivity contribution < 1.29 is 23.4 Å². The van der Waals surface area contributed by atoms with E-state index in [-0.39, 0.29) is 12.0 Å². The molecular weight excluding hydrogens is 236 g/mol. The molecule has 0 aliphatic rings. The number of Topliss-reactive ketones (excluding diaryl/α,β-unsaturated/α-hetero) is 1. The zero-order chi connectivity index (χ0) is 13.0. The quantitative estimate of drug-likeness (QED) is 0.639. The molecule has 0 bridgehead atoms. The Labute approximate surface area is 95.0 Å². The minimum absolute atomic E-state index is 0.0943. The van der Waals surface area contributed by atoms with Crippen molar-refractivity contribution >= 4 is 11.5 Å². The van der Waals surface area contributed by atoms with Crippen LogP contribution in [0.25, 0.3) is 0 Å². The van der Waals surface area contributed by atoms with Crippen LogP contribution in [0.4, 0.5) is 14.5 Å². The summed E-state index contributed by atoms with van der Waals surface area (Å²) in [4.78, 5) is 21.9. The molecule has 0 aromatic heterocycles. The van der Waals surface area contributed by atoms with Crippen LogP contribution in [0.1, 0.15) is 23.7 Å². The zero-order valence-corrected chi connectivity index (χ0v) is 8.81. The Kier molecular flexibility index (Phi) is 4.08. The predicted octanol–water partition coefficient (Wildman–Crippen LogP) is 2.98. The first-order chi connectivity index (χ1) is 8.01. The number of benzene rings is 1. The smallest absolute Gasteiger partial charge is 0.387 e.